The summed E-state index contributed by atoms with van der Waals surface area (Å²) in [4.78, 5) is 54.0. The maximum absolute atomic E-state index is 13.5. The third kappa shape index (κ3) is 5.14. The minimum atomic E-state index is -0.409. The normalized spacial score (nSPS) is 23.4. The molecule has 0 radical (unpaired) electrons. The van der Waals surface area contributed by atoms with Gasteiger partial charge < -0.3 is 10.2 Å². The van der Waals surface area contributed by atoms with Crippen molar-refractivity contribution in [3.8, 4) is 0 Å². The van der Waals surface area contributed by atoms with E-state index in [2.05, 4.69) is 12.2 Å². The molecule has 0 bridgehead atoms. The van der Waals surface area contributed by atoms with E-state index in [1.807, 2.05) is 18.7 Å². The van der Waals surface area contributed by atoms with Crippen LogP contribution in [0.4, 0.5) is 0 Å². The molecule has 2 aromatic heterocycles. The van der Waals surface area contributed by atoms with Crippen LogP contribution in [0.2, 0.25) is 0 Å². The van der Waals surface area contributed by atoms with Crippen LogP contribution in [0.5, 0.6) is 0 Å². The Kier molecular flexibility index (Phi) is 7.60. The van der Waals surface area contributed by atoms with Crippen LogP contribution < -0.4 is 16.6 Å². The van der Waals surface area contributed by atoms with Gasteiger partial charge in [0.05, 0.1) is 5.52 Å². The molecule has 1 saturated heterocycles. The number of amides is 2. The second-order valence-electron chi connectivity index (χ2n) is 10.2. The summed E-state index contributed by atoms with van der Waals surface area (Å²) < 4.78 is 3.33. The SMILES string of the molecule is CC(C)NC(=O)C1CCC(Cn2c(=O)c3sccc3n(CC(=O)N3CCCCC3C)c2=O)CC1. The molecule has 1 N–H and O–H groups in total. The summed E-state index contributed by atoms with van der Waals surface area (Å²) in [6, 6.07) is 2.05. The molecule has 2 aromatic rings. The fourth-order valence-corrected chi connectivity index (χ4v) is 6.25. The van der Waals surface area contributed by atoms with Crippen molar-refractivity contribution in [3.63, 3.8) is 0 Å². The topological polar surface area (TPSA) is 93.4 Å². The molecule has 2 amide bonds. The molecule has 8 nitrogen and oxygen atoms in total. The van der Waals surface area contributed by atoms with Gasteiger partial charge in [0.2, 0.25) is 11.8 Å². The lowest BCUT2D eigenvalue weighted by Crippen LogP contribution is -2.47. The van der Waals surface area contributed by atoms with Gasteiger partial charge in [0, 0.05) is 31.1 Å². The minimum absolute atomic E-state index is 0.00374. The van der Waals surface area contributed by atoms with Crippen LogP contribution in [-0.4, -0.2) is 44.5 Å². The average Bonchev–Trinajstić information content (AvgIpc) is 3.29. The second-order valence-corrected chi connectivity index (χ2v) is 11.1. The van der Waals surface area contributed by atoms with Crippen molar-refractivity contribution in [2.75, 3.05) is 6.54 Å². The van der Waals surface area contributed by atoms with Crippen molar-refractivity contribution in [1.29, 1.82) is 0 Å². The van der Waals surface area contributed by atoms with Crippen molar-refractivity contribution >= 4 is 33.4 Å². The first kappa shape index (κ1) is 24.7. The van der Waals surface area contributed by atoms with E-state index >= 15 is 0 Å². The molecule has 1 saturated carbocycles. The Hall–Kier alpha value is -2.42. The van der Waals surface area contributed by atoms with E-state index in [1.165, 1.54) is 20.5 Å². The smallest absolute Gasteiger partial charge is 0.332 e. The van der Waals surface area contributed by atoms with E-state index in [0.29, 0.717) is 16.8 Å². The predicted molar refractivity (Wildman–Crippen MR) is 134 cm³/mol. The monoisotopic (exact) mass is 488 g/mol. The Bertz CT molecular complexity index is 1160. The fourth-order valence-electron chi connectivity index (χ4n) is 5.41. The van der Waals surface area contributed by atoms with E-state index in [4.69, 9.17) is 0 Å². The summed E-state index contributed by atoms with van der Waals surface area (Å²) in [7, 11) is 0. The first-order valence-electron chi connectivity index (χ1n) is 12.6. The highest BCUT2D eigenvalue weighted by atomic mass is 32.1. The van der Waals surface area contributed by atoms with E-state index in [9.17, 15) is 19.2 Å². The minimum Gasteiger partial charge on any atom is -0.354 e. The van der Waals surface area contributed by atoms with Crippen LogP contribution in [0.15, 0.2) is 21.0 Å². The highest BCUT2D eigenvalue weighted by Crippen LogP contribution is 2.30. The fraction of sp³-hybridized carbons (Fsp3) is 0.680. The van der Waals surface area contributed by atoms with E-state index in [1.54, 1.807) is 11.4 Å². The highest BCUT2D eigenvalue weighted by molar-refractivity contribution is 7.17. The van der Waals surface area contributed by atoms with Crippen molar-refractivity contribution in [1.82, 2.24) is 19.4 Å². The molecular weight excluding hydrogens is 452 g/mol. The number of nitrogens with one attached hydrogen (secondary N) is 1. The van der Waals surface area contributed by atoms with Gasteiger partial charge >= 0.3 is 5.69 Å². The van der Waals surface area contributed by atoms with Gasteiger partial charge in [-0.05, 0) is 83.1 Å². The lowest BCUT2D eigenvalue weighted by Gasteiger charge is -2.33. The van der Waals surface area contributed by atoms with Gasteiger partial charge in [0.1, 0.15) is 11.2 Å². The zero-order chi connectivity index (χ0) is 24.4. The molecule has 1 aliphatic carbocycles. The molecule has 3 heterocycles. The summed E-state index contributed by atoms with van der Waals surface area (Å²) in [5.41, 5.74) is -0.137. The number of fused-ring (bicyclic) bond motifs is 1. The van der Waals surface area contributed by atoms with Gasteiger partial charge in [-0.25, -0.2) is 4.79 Å². The molecule has 0 aromatic carbocycles. The molecule has 1 aliphatic heterocycles. The van der Waals surface area contributed by atoms with Crippen LogP contribution in [0.1, 0.15) is 65.7 Å². The summed E-state index contributed by atoms with van der Waals surface area (Å²) in [6.07, 6.45) is 6.20. The van der Waals surface area contributed by atoms with Crippen molar-refractivity contribution in [2.45, 2.75) is 90.9 Å². The van der Waals surface area contributed by atoms with E-state index in [-0.39, 0.29) is 47.8 Å². The summed E-state index contributed by atoms with van der Waals surface area (Å²) in [6.45, 7) is 6.97. The van der Waals surface area contributed by atoms with Crippen molar-refractivity contribution in [2.24, 2.45) is 11.8 Å². The Morgan fingerprint density at radius 3 is 2.50 bits per heavy atom. The van der Waals surface area contributed by atoms with Gasteiger partial charge in [0.25, 0.3) is 5.56 Å². The van der Waals surface area contributed by atoms with Gasteiger partial charge in [-0.1, -0.05) is 0 Å². The number of hydrogen-bond donors (Lipinski definition) is 1. The number of hydrogen-bond acceptors (Lipinski definition) is 5. The van der Waals surface area contributed by atoms with Crippen LogP contribution in [0, 0.1) is 11.8 Å². The number of rotatable bonds is 6. The Morgan fingerprint density at radius 1 is 1.09 bits per heavy atom. The third-order valence-corrected chi connectivity index (χ3v) is 8.23. The number of thiophene rings is 1. The molecule has 9 heteroatoms. The summed E-state index contributed by atoms with van der Waals surface area (Å²) in [5, 5.41) is 4.79. The van der Waals surface area contributed by atoms with Gasteiger partial charge in [0.15, 0.2) is 0 Å². The second kappa shape index (κ2) is 10.5. The van der Waals surface area contributed by atoms with Gasteiger partial charge in [-0.2, -0.15) is 0 Å². The van der Waals surface area contributed by atoms with Gasteiger partial charge in [-0.15, -0.1) is 11.3 Å². The van der Waals surface area contributed by atoms with Crippen LogP contribution in [0.3, 0.4) is 0 Å². The Labute approximate surface area is 203 Å². The molecular formula is C25H36N4O4S. The van der Waals surface area contributed by atoms with Crippen molar-refractivity contribution in [3.05, 3.63) is 32.3 Å². The number of nitrogens with zero attached hydrogens (tertiary/aromatic N) is 3. The third-order valence-electron chi connectivity index (χ3n) is 7.34. The molecule has 186 valence electrons. The zero-order valence-electron chi connectivity index (χ0n) is 20.4. The number of carbonyl (C=O) groups excluding carboxylic acids is 2. The molecule has 2 fully saturated rings. The van der Waals surface area contributed by atoms with E-state index in [0.717, 1.165) is 51.5 Å². The van der Waals surface area contributed by atoms with Crippen LogP contribution in [0.25, 0.3) is 10.2 Å². The largest absolute Gasteiger partial charge is 0.354 e. The van der Waals surface area contributed by atoms with Crippen molar-refractivity contribution < 1.29 is 9.59 Å². The molecule has 1 unspecified atom stereocenters. The summed E-state index contributed by atoms with van der Waals surface area (Å²) in [5.74, 6) is 0.190. The maximum Gasteiger partial charge on any atom is 0.332 e. The Morgan fingerprint density at radius 2 is 1.82 bits per heavy atom. The zero-order valence-corrected chi connectivity index (χ0v) is 21.2. The summed E-state index contributed by atoms with van der Waals surface area (Å²) >= 11 is 1.32. The Balaban J connectivity index is 1.54. The lowest BCUT2D eigenvalue weighted by atomic mass is 9.81. The number of aromatic nitrogens is 2. The quantitative estimate of drug-likeness (QED) is 0.677. The lowest BCUT2D eigenvalue weighted by molar-refractivity contribution is -0.135. The average molecular weight is 489 g/mol. The molecule has 34 heavy (non-hydrogen) atoms. The standard InChI is InChI=1S/C25H36N4O4S/c1-16(2)26-23(31)19-9-7-18(8-10-19)14-29-24(32)22-20(11-13-34-22)28(25(29)33)15-21(30)27-12-5-4-6-17(27)3/h11,13,16-19H,4-10,12,14-15H2,1-3H3,(H,26,31). The van der Waals surface area contributed by atoms with E-state index < -0.39 is 5.69 Å². The molecule has 1 atom stereocenters. The molecule has 2 aliphatic rings. The van der Waals surface area contributed by atoms with Gasteiger partial charge in [-0.3, -0.25) is 23.5 Å². The maximum atomic E-state index is 13.5. The molecule has 0 spiro atoms. The highest BCUT2D eigenvalue weighted by Gasteiger charge is 2.29. The first-order valence-corrected chi connectivity index (χ1v) is 13.4. The number of likely N-dealkylation sites (tertiary alicyclic amines) is 1. The number of carbonyl (C=O) groups is 2. The van der Waals surface area contributed by atoms with Crippen LogP contribution >= 0.6 is 11.3 Å². The first-order chi connectivity index (χ1) is 16.3. The van der Waals surface area contributed by atoms with Crippen LogP contribution in [-0.2, 0) is 22.7 Å². The predicted octanol–water partition coefficient (Wildman–Crippen LogP) is 2.96. The number of piperidine rings is 1. The molecule has 4 rings (SSSR count).